The standard InChI is InChI=1S/C14H21BrN2S/c15-12-8-13(18-10-12)9-17-7-3-6-16-14(11-17)4-1-2-5-14/h8,10,16H,1-7,9,11H2. The van der Waals surface area contributed by atoms with Crippen LogP contribution in [0.25, 0.3) is 0 Å². The first kappa shape index (κ1) is 13.1. The smallest absolute Gasteiger partial charge is 0.0329 e. The van der Waals surface area contributed by atoms with Gasteiger partial charge >= 0.3 is 0 Å². The molecule has 0 bridgehead atoms. The van der Waals surface area contributed by atoms with E-state index in [4.69, 9.17) is 0 Å². The lowest BCUT2D eigenvalue weighted by atomic mass is 9.97. The molecule has 1 saturated carbocycles. The van der Waals surface area contributed by atoms with Gasteiger partial charge in [-0.15, -0.1) is 11.3 Å². The minimum absolute atomic E-state index is 0.436. The van der Waals surface area contributed by atoms with Gasteiger partial charge in [0.15, 0.2) is 0 Å². The summed E-state index contributed by atoms with van der Waals surface area (Å²) >= 11 is 5.42. The van der Waals surface area contributed by atoms with Gasteiger partial charge < -0.3 is 5.32 Å². The van der Waals surface area contributed by atoms with Crippen molar-refractivity contribution in [1.82, 2.24) is 10.2 Å². The van der Waals surface area contributed by atoms with Crippen LogP contribution in [0.2, 0.25) is 0 Å². The quantitative estimate of drug-likeness (QED) is 0.891. The molecule has 1 aromatic rings. The van der Waals surface area contributed by atoms with E-state index in [2.05, 4.69) is 37.6 Å². The Kier molecular flexibility index (Phi) is 4.09. The van der Waals surface area contributed by atoms with E-state index in [1.165, 1.54) is 61.1 Å². The summed E-state index contributed by atoms with van der Waals surface area (Å²) < 4.78 is 1.23. The number of hydrogen-bond acceptors (Lipinski definition) is 3. The molecule has 3 rings (SSSR count). The molecule has 2 aliphatic rings. The van der Waals surface area contributed by atoms with E-state index < -0.39 is 0 Å². The number of halogens is 1. The Morgan fingerprint density at radius 3 is 2.89 bits per heavy atom. The molecule has 1 spiro atoms. The van der Waals surface area contributed by atoms with Gasteiger partial charge in [-0.25, -0.2) is 0 Å². The lowest BCUT2D eigenvalue weighted by molar-refractivity contribution is 0.205. The van der Waals surface area contributed by atoms with E-state index in [0.29, 0.717) is 5.54 Å². The van der Waals surface area contributed by atoms with E-state index in [1.54, 1.807) is 0 Å². The fourth-order valence-corrected chi connectivity index (χ4v) is 4.89. The van der Waals surface area contributed by atoms with Crippen molar-refractivity contribution in [3.63, 3.8) is 0 Å². The average molecular weight is 329 g/mol. The van der Waals surface area contributed by atoms with Crippen LogP contribution in [-0.2, 0) is 6.54 Å². The first-order chi connectivity index (χ1) is 8.76. The Morgan fingerprint density at radius 2 is 2.17 bits per heavy atom. The van der Waals surface area contributed by atoms with Crippen LogP contribution in [0.15, 0.2) is 15.9 Å². The van der Waals surface area contributed by atoms with Gasteiger partial charge in [0.25, 0.3) is 0 Å². The molecule has 0 radical (unpaired) electrons. The van der Waals surface area contributed by atoms with Crippen molar-refractivity contribution < 1.29 is 0 Å². The fraction of sp³-hybridized carbons (Fsp3) is 0.714. The highest BCUT2D eigenvalue weighted by Crippen LogP contribution is 2.32. The lowest BCUT2D eigenvalue weighted by Crippen LogP contribution is -2.49. The SMILES string of the molecule is Brc1csc(CN2CCCNC3(CCCC3)C2)c1. The Bertz CT molecular complexity index is 398. The van der Waals surface area contributed by atoms with Crippen molar-refractivity contribution in [2.75, 3.05) is 19.6 Å². The first-order valence-corrected chi connectivity index (χ1v) is 8.63. The van der Waals surface area contributed by atoms with Gasteiger partial charge in [0.1, 0.15) is 0 Å². The van der Waals surface area contributed by atoms with Crippen molar-refractivity contribution in [2.24, 2.45) is 0 Å². The summed E-state index contributed by atoms with van der Waals surface area (Å²) in [5.74, 6) is 0. The second-order valence-corrected chi connectivity index (χ2v) is 7.62. The molecule has 1 N–H and O–H groups in total. The van der Waals surface area contributed by atoms with Crippen molar-refractivity contribution >= 4 is 27.3 Å². The van der Waals surface area contributed by atoms with Crippen molar-refractivity contribution in [1.29, 1.82) is 0 Å². The van der Waals surface area contributed by atoms with E-state index in [9.17, 15) is 0 Å². The predicted molar refractivity (Wildman–Crippen MR) is 81.1 cm³/mol. The van der Waals surface area contributed by atoms with Crippen molar-refractivity contribution in [3.8, 4) is 0 Å². The van der Waals surface area contributed by atoms with Gasteiger partial charge in [-0.05, 0) is 54.3 Å². The second kappa shape index (κ2) is 5.61. The monoisotopic (exact) mass is 328 g/mol. The average Bonchev–Trinajstić information content (AvgIpc) is 2.89. The molecule has 1 aliphatic heterocycles. The van der Waals surface area contributed by atoms with Gasteiger partial charge in [0.05, 0.1) is 0 Å². The minimum Gasteiger partial charge on any atom is -0.310 e. The maximum Gasteiger partial charge on any atom is 0.0329 e. The number of rotatable bonds is 2. The van der Waals surface area contributed by atoms with Gasteiger partial charge in [0, 0.05) is 33.4 Å². The predicted octanol–water partition coefficient (Wildman–Crippen LogP) is 3.62. The summed E-state index contributed by atoms with van der Waals surface area (Å²) in [5, 5.41) is 6.02. The molecule has 1 saturated heterocycles. The summed E-state index contributed by atoms with van der Waals surface area (Å²) in [4.78, 5) is 4.14. The van der Waals surface area contributed by atoms with Crippen LogP contribution in [0.1, 0.15) is 37.0 Å². The van der Waals surface area contributed by atoms with Crippen LogP contribution < -0.4 is 5.32 Å². The van der Waals surface area contributed by atoms with Crippen LogP contribution in [-0.4, -0.2) is 30.1 Å². The molecule has 2 fully saturated rings. The number of thiophene rings is 1. The summed E-state index contributed by atoms with van der Waals surface area (Å²) in [6, 6.07) is 2.27. The molecule has 0 aromatic carbocycles. The molecule has 4 heteroatoms. The minimum atomic E-state index is 0.436. The molecular weight excluding hydrogens is 308 g/mol. The maximum atomic E-state index is 3.83. The van der Waals surface area contributed by atoms with Gasteiger partial charge in [0.2, 0.25) is 0 Å². The molecule has 0 unspecified atom stereocenters. The van der Waals surface area contributed by atoms with E-state index >= 15 is 0 Å². The number of nitrogens with one attached hydrogen (secondary N) is 1. The van der Waals surface area contributed by atoms with E-state index in [0.717, 1.165) is 6.54 Å². The summed E-state index contributed by atoms with van der Waals surface area (Å²) in [7, 11) is 0. The van der Waals surface area contributed by atoms with E-state index in [1.807, 2.05) is 11.3 Å². The second-order valence-electron chi connectivity index (χ2n) is 5.71. The van der Waals surface area contributed by atoms with Gasteiger partial charge in [-0.2, -0.15) is 0 Å². The third-order valence-corrected chi connectivity index (χ3v) is 5.92. The highest BCUT2D eigenvalue weighted by atomic mass is 79.9. The fourth-order valence-electron chi connectivity index (χ4n) is 3.40. The molecular formula is C14H21BrN2S. The molecule has 18 heavy (non-hydrogen) atoms. The van der Waals surface area contributed by atoms with Crippen LogP contribution in [0, 0.1) is 0 Å². The first-order valence-electron chi connectivity index (χ1n) is 6.96. The number of hydrogen-bond donors (Lipinski definition) is 1. The Labute approximate surface area is 122 Å². The largest absolute Gasteiger partial charge is 0.310 e. The Morgan fingerprint density at radius 1 is 1.33 bits per heavy atom. The molecule has 0 atom stereocenters. The zero-order valence-corrected chi connectivity index (χ0v) is 13.2. The number of nitrogens with zero attached hydrogens (tertiary/aromatic N) is 1. The topological polar surface area (TPSA) is 15.3 Å². The zero-order valence-electron chi connectivity index (χ0n) is 10.8. The molecule has 1 aliphatic carbocycles. The molecule has 2 nitrogen and oxygen atoms in total. The van der Waals surface area contributed by atoms with Crippen LogP contribution in [0.4, 0.5) is 0 Å². The zero-order chi connectivity index (χ0) is 12.4. The van der Waals surface area contributed by atoms with Crippen molar-refractivity contribution in [2.45, 2.75) is 44.2 Å². The molecule has 100 valence electrons. The van der Waals surface area contributed by atoms with Gasteiger partial charge in [-0.3, -0.25) is 4.90 Å². The maximum absolute atomic E-state index is 3.83. The normalized spacial score (nSPS) is 24.5. The highest BCUT2D eigenvalue weighted by molar-refractivity contribution is 9.10. The molecule has 2 heterocycles. The third-order valence-electron chi connectivity index (χ3n) is 4.24. The molecule has 1 aromatic heterocycles. The summed E-state index contributed by atoms with van der Waals surface area (Å²) in [6.07, 6.45) is 6.85. The summed E-state index contributed by atoms with van der Waals surface area (Å²) in [5.41, 5.74) is 0.436. The van der Waals surface area contributed by atoms with Crippen molar-refractivity contribution in [3.05, 3.63) is 20.8 Å². The van der Waals surface area contributed by atoms with Crippen LogP contribution in [0.5, 0.6) is 0 Å². The Hall–Kier alpha value is 0.1000. The lowest BCUT2D eigenvalue weighted by Gasteiger charge is -2.33. The van der Waals surface area contributed by atoms with Crippen LogP contribution in [0.3, 0.4) is 0 Å². The van der Waals surface area contributed by atoms with Crippen LogP contribution >= 0.6 is 27.3 Å². The highest BCUT2D eigenvalue weighted by Gasteiger charge is 2.36. The summed E-state index contributed by atoms with van der Waals surface area (Å²) in [6.45, 7) is 4.80. The van der Waals surface area contributed by atoms with Gasteiger partial charge in [-0.1, -0.05) is 12.8 Å². The van der Waals surface area contributed by atoms with E-state index in [-0.39, 0.29) is 0 Å². The third kappa shape index (κ3) is 2.98. The Balaban J connectivity index is 1.67. The molecule has 0 amide bonds.